The molecule has 1 heterocycles. The van der Waals surface area contributed by atoms with Crippen LogP contribution in [0.4, 0.5) is 0 Å². The Balaban J connectivity index is 2.35. The molecule has 1 aliphatic heterocycles. The first-order valence-electron chi connectivity index (χ1n) is 5.15. The second-order valence-electron chi connectivity index (χ2n) is 4.37. The van der Waals surface area contributed by atoms with E-state index >= 15 is 0 Å². The standard InChI is InChI=1S/C13H16O2/c1-10-8-13(2,12(14)15-9-10)11-6-4-3-5-7-11/h3-7,12,14H,1,8-9H2,2H3. The number of hydrogen-bond donors (Lipinski definition) is 1. The van der Waals surface area contributed by atoms with Crippen LogP contribution in [0.15, 0.2) is 42.5 Å². The molecular weight excluding hydrogens is 188 g/mol. The van der Waals surface area contributed by atoms with E-state index in [2.05, 4.69) is 6.58 Å². The van der Waals surface area contributed by atoms with E-state index in [-0.39, 0.29) is 5.41 Å². The maximum Gasteiger partial charge on any atom is 0.164 e. The van der Waals surface area contributed by atoms with Crippen LogP contribution in [0.2, 0.25) is 0 Å². The first-order valence-corrected chi connectivity index (χ1v) is 5.15. The Bertz CT molecular complexity index is 358. The molecule has 15 heavy (non-hydrogen) atoms. The van der Waals surface area contributed by atoms with Crippen LogP contribution >= 0.6 is 0 Å². The molecule has 2 atom stereocenters. The van der Waals surface area contributed by atoms with Gasteiger partial charge in [0.2, 0.25) is 0 Å². The number of aliphatic hydroxyl groups is 1. The maximum absolute atomic E-state index is 9.94. The van der Waals surface area contributed by atoms with Crippen LogP contribution in [0.25, 0.3) is 0 Å². The molecule has 0 bridgehead atoms. The highest BCUT2D eigenvalue weighted by atomic mass is 16.6. The molecular formula is C13H16O2. The molecule has 1 aliphatic rings. The number of aliphatic hydroxyl groups excluding tert-OH is 1. The smallest absolute Gasteiger partial charge is 0.164 e. The third kappa shape index (κ3) is 1.83. The maximum atomic E-state index is 9.94. The van der Waals surface area contributed by atoms with Crippen LogP contribution in [-0.2, 0) is 10.2 Å². The van der Waals surface area contributed by atoms with Crippen molar-refractivity contribution >= 4 is 0 Å². The van der Waals surface area contributed by atoms with Crippen molar-refractivity contribution in [1.82, 2.24) is 0 Å². The molecule has 1 saturated heterocycles. The molecule has 2 nitrogen and oxygen atoms in total. The van der Waals surface area contributed by atoms with Crippen LogP contribution in [-0.4, -0.2) is 18.0 Å². The Morgan fingerprint density at radius 2 is 2.07 bits per heavy atom. The summed E-state index contributed by atoms with van der Waals surface area (Å²) in [7, 11) is 0. The monoisotopic (exact) mass is 204 g/mol. The Kier molecular flexibility index (Phi) is 2.63. The average Bonchev–Trinajstić information content (AvgIpc) is 2.25. The fourth-order valence-corrected chi connectivity index (χ4v) is 2.10. The molecule has 0 radical (unpaired) electrons. The van der Waals surface area contributed by atoms with Gasteiger partial charge >= 0.3 is 0 Å². The van der Waals surface area contributed by atoms with Gasteiger partial charge in [-0.2, -0.15) is 0 Å². The third-order valence-electron chi connectivity index (χ3n) is 3.04. The van der Waals surface area contributed by atoms with Gasteiger partial charge in [-0.25, -0.2) is 0 Å². The van der Waals surface area contributed by atoms with Crippen LogP contribution in [0.3, 0.4) is 0 Å². The summed E-state index contributed by atoms with van der Waals surface area (Å²) in [5, 5.41) is 9.94. The molecule has 80 valence electrons. The van der Waals surface area contributed by atoms with Crippen molar-refractivity contribution in [2.24, 2.45) is 0 Å². The highest BCUT2D eigenvalue weighted by Gasteiger charge is 2.39. The topological polar surface area (TPSA) is 29.5 Å². The highest BCUT2D eigenvalue weighted by molar-refractivity contribution is 5.28. The van der Waals surface area contributed by atoms with Gasteiger partial charge in [0.15, 0.2) is 6.29 Å². The third-order valence-corrected chi connectivity index (χ3v) is 3.04. The molecule has 0 aromatic heterocycles. The SMILES string of the molecule is C=C1COC(O)C(C)(c2ccccc2)C1. The lowest BCUT2D eigenvalue weighted by Crippen LogP contribution is -2.43. The molecule has 1 fully saturated rings. The first kappa shape index (κ1) is 10.4. The van der Waals surface area contributed by atoms with Gasteiger partial charge in [0.05, 0.1) is 6.61 Å². The lowest BCUT2D eigenvalue weighted by Gasteiger charge is -2.39. The number of ether oxygens (including phenoxy) is 1. The molecule has 2 rings (SSSR count). The van der Waals surface area contributed by atoms with Crippen LogP contribution in [0.5, 0.6) is 0 Å². The number of hydrogen-bond acceptors (Lipinski definition) is 2. The van der Waals surface area contributed by atoms with E-state index in [4.69, 9.17) is 4.74 Å². The van der Waals surface area contributed by atoms with Gasteiger partial charge in [-0.05, 0) is 12.0 Å². The van der Waals surface area contributed by atoms with Gasteiger partial charge in [-0.1, -0.05) is 49.4 Å². The highest BCUT2D eigenvalue weighted by Crippen LogP contribution is 2.37. The lowest BCUT2D eigenvalue weighted by molar-refractivity contribution is -0.152. The Morgan fingerprint density at radius 3 is 2.73 bits per heavy atom. The number of rotatable bonds is 1. The Hall–Kier alpha value is -1.12. The molecule has 0 saturated carbocycles. The molecule has 2 heteroatoms. The molecule has 2 unspecified atom stereocenters. The first-order chi connectivity index (χ1) is 7.13. The van der Waals surface area contributed by atoms with Gasteiger partial charge < -0.3 is 9.84 Å². The predicted octanol–water partition coefficient (Wildman–Crippen LogP) is 2.24. The number of benzene rings is 1. The van der Waals surface area contributed by atoms with Crippen molar-refractivity contribution in [3.8, 4) is 0 Å². The van der Waals surface area contributed by atoms with Crippen molar-refractivity contribution in [3.63, 3.8) is 0 Å². The van der Waals surface area contributed by atoms with E-state index in [1.165, 1.54) is 0 Å². The minimum atomic E-state index is -0.745. The van der Waals surface area contributed by atoms with E-state index in [9.17, 15) is 5.11 Å². The van der Waals surface area contributed by atoms with E-state index in [1.807, 2.05) is 37.3 Å². The average molecular weight is 204 g/mol. The molecule has 0 amide bonds. The van der Waals surface area contributed by atoms with E-state index in [0.29, 0.717) is 6.61 Å². The zero-order chi connectivity index (χ0) is 10.9. The van der Waals surface area contributed by atoms with Gasteiger partial charge in [0.1, 0.15) is 0 Å². The second kappa shape index (κ2) is 3.80. The molecule has 0 spiro atoms. The molecule has 0 aliphatic carbocycles. The van der Waals surface area contributed by atoms with Crippen LogP contribution < -0.4 is 0 Å². The van der Waals surface area contributed by atoms with Crippen LogP contribution in [0.1, 0.15) is 18.9 Å². The van der Waals surface area contributed by atoms with Crippen molar-refractivity contribution in [2.45, 2.75) is 25.0 Å². The predicted molar refractivity (Wildman–Crippen MR) is 59.5 cm³/mol. The van der Waals surface area contributed by atoms with Crippen molar-refractivity contribution < 1.29 is 9.84 Å². The molecule has 1 N–H and O–H groups in total. The van der Waals surface area contributed by atoms with Gasteiger partial charge in [0.25, 0.3) is 0 Å². The minimum Gasteiger partial charge on any atom is -0.367 e. The molecule has 1 aromatic carbocycles. The summed E-state index contributed by atoms with van der Waals surface area (Å²) in [4.78, 5) is 0. The summed E-state index contributed by atoms with van der Waals surface area (Å²) >= 11 is 0. The zero-order valence-electron chi connectivity index (χ0n) is 8.94. The Labute approximate surface area is 90.2 Å². The van der Waals surface area contributed by atoms with Gasteiger partial charge in [-0.3, -0.25) is 0 Å². The van der Waals surface area contributed by atoms with E-state index < -0.39 is 6.29 Å². The quantitative estimate of drug-likeness (QED) is 0.711. The summed E-state index contributed by atoms with van der Waals surface area (Å²) in [5.74, 6) is 0. The summed E-state index contributed by atoms with van der Waals surface area (Å²) in [6, 6.07) is 9.96. The van der Waals surface area contributed by atoms with Crippen molar-refractivity contribution in [2.75, 3.05) is 6.61 Å². The minimum absolute atomic E-state index is 0.364. The fourth-order valence-electron chi connectivity index (χ4n) is 2.10. The summed E-state index contributed by atoms with van der Waals surface area (Å²) in [6.07, 6.45) is 0.0310. The Morgan fingerprint density at radius 1 is 1.40 bits per heavy atom. The summed E-state index contributed by atoms with van der Waals surface area (Å²) in [6.45, 7) is 6.41. The van der Waals surface area contributed by atoms with Gasteiger partial charge in [0, 0.05) is 5.41 Å². The lowest BCUT2D eigenvalue weighted by atomic mass is 9.75. The van der Waals surface area contributed by atoms with Crippen LogP contribution in [0, 0.1) is 0 Å². The molecule has 1 aromatic rings. The normalized spacial score (nSPS) is 31.6. The fraction of sp³-hybridized carbons (Fsp3) is 0.385. The van der Waals surface area contributed by atoms with Gasteiger partial charge in [-0.15, -0.1) is 0 Å². The summed E-state index contributed by atoms with van der Waals surface area (Å²) < 4.78 is 5.32. The second-order valence-corrected chi connectivity index (χ2v) is 4.37. The largest absolute Gasteiger partial charge is 0.367 e. The summed E-state index contributed by atoms with van der Waals surface area (Å²) in [5.41, 5.74) is 1.77. The van der Waals surface area contributed by atoms with E-state index in [0.717, 1.165) is 17.6 Å². The zero-order valence-corrected chi connectivity index (χ0v) is 8.94. The van der Waals surface area contributed by atoms with Crippen molar-refractivity contribution in [3.05, 3.63) is 48.0 Å². The van der Waals surface area contributed by atoms with E-state index in [1.54, 1.807) is 0 Å². The van der Waals surface area contributed by atoms with Crippen molar-refractivity contribution in [1.29, 1.82) is 0 Å².